The summed E-state index contributed by atoms with van der Waals surface area (Å²) in [6.45, 7) is 1.74. The molecule has 5 heteroatoms. The summed E-state index contributed by atoms with van der Waals surface area (Å²) in [5.74, 6) is -1.02. The van der Waals surface area contributed by atoms with Gasteiger partial charge in [-0.15, -0.1) is 0 Å². The number of hydrogen-bond acceptors (Lipinski definition) is 3. The van der Waals surface area contributed by atoms with Gasteiger partial charge in [0.1, 0.15) is 0 Å². The number of nitrogens with zero attached hydrogens (tertiary/aromatic N) is 1. The first-order valence-electron chi connectivity index (χ1n) is 6.05. The predicted octanol–water partition coefficient (Wildman–Crippen LogP) is 1.75. The highest BCUT2D eigenvalue weighted by Gasteiger charge is 2.32. The molecular formula is C13H17ClN2O2. The van der Waals surface area contributed by atoms with Crippen molar-refractivity contribution in [2.24, 2.45) is 11.7 Å². The third-order valence-electron chi connectivity index (χ3n) is 3.50. The molecule has 98 valence electrons. The van der Waals surface area contributed by atoms with Crippen molar-refractivity contribution in [3.8, 4) is 0 Å². The van der Waals surface area contributed by atoms with Gasteiger partial charge < -0.3 is 10.8 Å². The van der Waals surface area contributed by atoms with E-state index in [0.29, 0.717) is 24.5 Å². The van der Waals surface area contributed by atoms with Crippen molar-refractivity contribution in [3.63, 3.8) is 0 Å². The van der Waals surface area contributed by atoms with Crippen LogP contribution in [0, 0.1) is 5.92 Å². The molecule has 1 aliphatic heterocycles. The first-order valence-corrected chi connectivity index (χ1v) is 6.42. The van der Waals surface area contributed by atoms with E-state index >= 15 is 0 Å². The maximum Gasteiger partial charge on any atom is 0.307 e. The molecule has 0 saturated carbocycles. The van der Waals surface area contributed by atoms with Crippen molar-refractivity contribution < 1.29 is 9.90 Å². The molecule has 2 atom stereocenters. The molecule has 1 aromatic carbocycles. The van der Waals surface area contributed by atoms with Crippen molar-refractivity contribution in [2.45, 2.75) is 12.5 Å². The average molecular weight is 269 g/mol. The lowest BCUT2D eigenvalue weighted by Gasteiger charge is -2.27. The first-order chi connectivity index (χ1) is 8.63. The molecule has 0 aromatic heterocycles. The Labute approximate surface area is 111 Å². The summed E-state index contributed by atoms with van der Waals surface area (Å²) in [6.07, 6.45) is 0.677. The Morgan fingerprint density at radius 2 is 2.28 bits per heavy atom. The highest BCUT2D eigenvalue weighted by atomic mass is 35.5. The molecule has 1 aromatic rings. The summed E-state index contributed by atoms with van der Waals surface area (Å²) in [5.41, 5.74) is 6.81. The molecule has 0 unspecified atom stereocenters. The van der Waals surface area contributed by atoms with Crippen LogP contribution in [0.4, 0.5) is 0 Å². The summed E-state index contributed by atoms with van der Waals surface area (Å²) in [6, 6.07) is 7.60. The van der Waals surface area contributed by atoms with E-state index in [-0.39, 0.29) is 12.0 Å². The zero-order valence-corrected chi connectivity index (χ0v) is 10.8. The van der Waals surface area contributed by atoms with Crippen LogP contribution in [0.1, 0.15) is 18.0 Å². The molecule has 0 bridgehead atoms. The van der Waals surface area contributed by atoms with Gasteiger partial charge in [0.15, 0.2) is 0 Å². The van der Waals surface area contributed by atoms with Crippen LogP contribution in [0.3, 0.4) is 0 Å². The van der Waals surface area contributed by atoms with Crippen molar-refractivity contribution in [2.75, 3.05) is 19.6 Å². The van der Waals surface area contributed by atoms with E-state index in [2.05, 4.69) is 4.90 Å². The molecule has 1 saturated heterocycles. The number of carboxylic acid groups (broad SMARTS) is 1. The van der Waals surface area contributed by atoms with Crippen LogP contribution in [-0.4, -0.2) is 35.6 Å². The second-order valence-electron chi connectivity index (χ2n) is 4.59. The van der Waals surface area contributed by atoms with Crippen molar-refractivity contribution in [1.29, 1.82) is 0 Å². The summed E-state index contributed by atoms with van der Waals surface area (Å²) >= 11 is 6.18. The normalized spacial score (nSPS) is 22.0. The smallest absolute Gasteiger partial charge is 0.307 e. The molecule has 0 spiro atoms. The molecule has 18 heavy (non-hydrogen) atoms. The van der Waals surface area contributed by atoms with Crippen LogP contribution in [0.25, 0.3) is 0 Å². The third kappa shape index (κ3) is 2.66. The van der Waals surface area contributed by atoms with Gasteiger partial charge in [-0.3, -0.25) is 9.69 Å². The fourth-order valence-corrected chi connectivity index (χ4v) is 2.75. The molecule has 2 rings (SSSR count). The molecular weight excluding hydrogens is 252 g/mol. The van der Waals surface area contributed by atoms with E-state index < -0.39 is 5.97 Å². The molecule has 0 radical (unpaired) electrons. The Morgan fingerprint density at radius 3 is 2.83 bits per heavy atom. The summed E-state index contributed by atoms with van der Waals surface area (Å²) in [7, 11) is 0. The van der Waals surface area contributed by atoms with E-state index in [1.165, 1.54) is 0 Å². The van der Waals surface area contributed by atoms with Gasteiger partial charge in [0.25, 0.3) is 0 Å². The third-order valence-corrected chi connectivity index (χ3v) is 3.84. The number of aliphatic carboxylic acids is 1. The number of benzene rings is 1. The van der Waals surface area contributed by atoms with Crippen molar-refractivity contribution in [1.82, 2.24) is 4.90 Å². The van der Waals surface area contributed by atoms with Crippen molar-refractivity contribution >= 4 is 17.6 Å². The lowest BCUT2D eigenvalue weighted by Crippen LogP contribution is -2.33. The molecule has 1 heterocycles. The monoisotopic (exact) mass is 268 g/mol. The van der Waals surface area contributed by atoms with Crippen molar-refractivity contribution in [3.05, 3.63) is 34.9 Å². The maximum atomic E-state index is 11.0. The predicted molar refractivity (Wildman–Crippen MR) is 70.6 cm³/mol. The number of halogens is 1. The second-order valence-corrected chi connectivity index (χ2v) is 5.00. The number of carboxylic acids is 1. The van der Waals surface area contributed by atoms with E-state index in [1.54, 1.807) is 0 Å². The Hall–Kier alpha value is -1.10. The molecule has 3 N–H and O–H groups in total. The molecule has 0 amide bonds. The van der Waals surface area contributed by atoms with Gasteiger partial charge in [-0.05, 0) is 24.6 Å². The van der Waals surface area contributed by atoms with Gasteiger partial charge in [0.05, 0.1) is 5.92 Å². The summed E-state index contributed by atoms with van der Waals surface area (Å²) in [5, 5.41) is 9.71. The fourth-order valence-electron chi connectivity index (χ4n) is 2.49. The molecule has 1 aliphatic rings. The van der Waals surface area contributed by atoms with Gasteiger partial charge >= 0.3 is 5.97 Å². The Balaban J connectivity index is 2.16. The minimum absolute atomic E-state index is 0.00282. The van der Waals surface area contributed by atoms with E-state index in [0.717, 1.165) is 12.1 Å². The van der Waals surface area contributed by atoms with Crippen LogP contribution < -0.4 is 5.73 Å². The highest BCUT2D eigenvalue weighted by molar-refractivity contribution is 6.31. The topological polar surface area (TPSA) is 66.6 Å². The fraction of sp³-hybridized carbons (Fsp3) is 0.462. The van der Waals surface area contributed by atoms with Gasteiger partial charge in [0, 0.05) is 24.2 Å². The number of likely N-dealkylation sites (tertiary alicyclic amines) is 1. The number of nitrogens with two attached hydrogens (primary N) is 1. The zero-order valence-electron chi connectivity index (χ0n) is 10.1. The summed E-state index contributed by atoms with van der Waals surface area (Å²) in [4.78, 5) is 13.1. The summed E-state index contributed by atoms with van der Waals surface area (Å²) < 4.78 is 0. The van der Waals surface area contributed by atoms with Crippen LogP contribution in [0.15, 0.2) is 24.3 Å². The van der Waals surface area contributed by atoms with E-state index in [1.807, 2.05) is 24.3 Å². The quantitative estimate of drug-likeness (QED) is 0.873. The number of hydrogen-bond donors (Lipinski definition) is 2. The van der Waals surface area contributed by atoms with Gasteiger partial charge in [-0.1, -0.05) is 29.8 Å². The Bertz CT molecular complexity index is 439. The lowest BCUT2D eigenvalue weighted by atomic mass is 10.1. The van der Waals surface area contributed by atoms with E-state index in [4.69, 9.17) is 22.4 Å². The minimum Gasteiger partial charge on any atom is -0.481 e. The lowest BCUT2D eigenvalue weighted by molar-refractivity contribution is -0.141. The molecule has 1 fully saturated rings. The first kappa shape index (κ1) is 13.3. The molecule has 0 aliphatic carbocycles. The van der Waals surface area contributed by atoms with Gasteiger partial charge in [0.2, 0.25) is 0 Å². The average Bonchev–Trinajstić information content (AvgIpc) is 2.82. The standard InChI is InChI=1S/C13H17ClN2O2/c14-11-4-2-1-3-10(11)12(7-15)16-6-5-9(8-16)13(17)18/h1-4,9,12H,5-8,15H2,(H,17,18)/t9-,12-/m1/s1. The van der Waals surface area contributed by atoms with Gasteiger partial charge in [-0.2, -0.15) is 0 Å². The van der Waals surface area contributed by atoms with Crippen LogP contribution in [0.2, 0.25) is 5.02 Å². The number of carbonyl (C=O) groups is 1. The largest absolute Gasteiger partial charge is 0.481 e. The van der Waals surface area contributed by atoms with E-state index in [9.17, 15) is 4.79 Å². The highest BCUT2D eigenvalue weighted by Crippen LogP contribution is 2.31. The zero-order chi connectivity index (χ0) is 13.1. The SMILES string of the molecule is NC[C@H](c1ccccc1Cl)N1CC[C@@H](C(=O)O)C1. The minimum atomic E-state index is -0.729. The molecule has 4 nitrogen and oxygen atoms in total. The Kier molecular flexibility index (Phi) is 4.22. The van der Waals surface area contributed by atoms with Crippen LogP contribution in [0.5, 0.6) is 0 Å². The van der Waals surface area contributed by atoms with Gasteiger partial charge in [-0.25, -0.2) is 0 Å². The maximum absolute atomic E-state index is 11.0. The Morgan fingerprint density at radius 1 is 1.56 bits per heavy atom. The van der Waals surface area contributed by atoms with Crippen LogP contribution in [-0.2, 0) is 4.79 Å². The van der Waals surface area contributed by atoms with Crippen LogP contribution >= 0.6 is 11.6 Å². The number of rotatable bonds is 4. The second kappa shape index (κ2) is 5.69.